The zero-order valence-corrected chi connectivity index (χ0v) is 9.17. The lowest BCUT2D eigenvalue weighted by Crippen LogP contribution is -2.14. The fourth-order valence-electron chi connectivity index (χ4n) is 1.32. The van der Waals surface area contributed by atoms with Crippen LogP contribution in [0.25, 0.3) is 0 Å². The number of aliphatic hydroxyl groups is 1. The molecule has 1 aromatic carbocycles. The van der Waals surface area contributed by atoms with E-state index in [2.05, 4.69) is 50.4 Å². The van der Waals surface area contributed by atoms with Gasteiger partial charge in [-0.25, -0.2) is 0 Å². The number of nitrogens with one attached hydrogen (secondary N) is 1. The van der Waals surface area contributed by atoms with Crippen molar-refractivity contribution >= 4 is 0 Å². The largest absolute Gasteiger partial charge is 0.381 e. The molecule has 2 nitrogen and oxygen atoms in total. The minimum Gasteiger partial charge on any atom is -0.381 e. The van der Waals surface area contributed by atoms with Gasteiger partial charge < -0.3 is 5.11 Å². The first-order chi connectivity index (χ1) is 6.54. The van der Waals surface area contributed by atoms with E-state index in [1.165, 1.54) is 11.1 Å². The van der Waals surface area contributed by atoms with Gasteiger partial charge in [0.2, 0.25) is 0 Å². The van der Waals surface area contributed by atoms with Crippen LogP contribution in [0, 0.1) is 0 Å². The molecule has 0 bridgehead atoms. The first-order valence-electron chi connectivity index (χ1n) is 4.95. The summed E-state index contributed by atoms with van der Waals surface area (Å²) in [5.41, 5.74) is 2.75. The summed E-state index contributed by atoms with van der Waals surface area (Å²) in [6.45, 7) is 7.36. The van der Waals surface area contributed by atoms with E-state index < -0.39 is 0 Å². The van der Waals surface area contributed by atoms with E-state index >= 15 is 0 Å². The molecular weight excluding hydrogens is 174 g/mol. The highest BCUT2D eigenvalue weighted by Crippen LogP contribution is 2.21. The molecule has 2 heteroatoms. The maximum atomic E-state index is 8.60. The summed E-state index contributed by atoms with van der Waals surface area (Å²) in [6.07, 6.45) is 0. The number of hydrogen-bond donors (Lipinski definition) is 2. The third-order valence-electron chi connectivity index (χ3n) is 2.26. The molecule has 14 heavy (non-hydrogen) atoms. The molecule has 0 aliphatic heterocycles. The van der Waals surface area contributed by atoms with Crippen molar-refractivity contribution in [2.45, 2.75) is 32.7 Å². The van der Waals surface area contributed by atoms with Crippen LogP contribution in [0.15, 0.2) is 24.3 Å². The minimum absolute atomic E-state index is 0.0288. The van der Waals surface area contributed by atoms with Gasteiger partial charge in [-0.15, -0.1) is 0 Å². The average molecular weight is 193 g/mol. The number of rotatable bonds is 3. The lowest BCUT2D eigenvalue weighted by atomic mass is 9.87. The fraction of sp³-hybridized carbons (Fsp3) is 0.500. The van der Waals surface area contributed by atoms with Gasteiger partial charge in [-0.3, -0.25) is 5.32 Å². The van der Waals surface area contributed by atoms with Crippen LogP contribution in [0.5, 0.6) is 0 Å². The highest BCUT2D eigenvalue weighted by Gasteiger charge is 2.12. The zero-order valence-electron chi connectivity index (χ0n) is 9.17. The van der Waals surface area contributed by atoms with Crippen molar-refractivity contribution in [3.63, 3.8) is 0 Å². The van der Waals surface area contributed by atoms with E-state index in [0.29, 0.717) is 0 Å². The molecule has 0 heterocycles. The van der Waals surface area contributed by atoms with Crippen molar-refractivity contribution in [1.29, 1.82) is 0 Å². The quantitative estimate of drug-likeness (QED) is 0.720. The maximum Gasteiger partial charge on any atom is 0.0934 e. The van der Waals surface area contributed by atoms with Crippen LogP contribution in [0.2, 0.25) is 0 Å². The highest BCUT2D eigenvalue weighted by atomic mass is 16.3. The Bertz CT molecular complexity index is 271. The molecule has 0 atom stereocenters. The van der Waals surface area contributed by atoms with Gasteiger partial charge in [-0.2, -0.15) is 0 Å². The lowest BCUT2D eigenvalue weighted by molar-refractivity contribution is 0.259. The summed E-state index contributed by atoms with van der Waals surface area (Å²) in [4.78, 5) is 0. The second-order valence-corrected chi connectivity index (χ2v) is 4.53. The number of benzene rings is 1. The predicted octanol–water partition coefficient (Wildman–Crippen LogP) is 2.02. The fourth-order valence-corrected chi connectivity index (χ4v) is 1.32. The van der Waals surface area contributed by atoms with Gasteiger partial charge in [0.15, 0.2) is 0 Å². The summed E-state index contributed by atoms with van der Waals surface area (Å²) in [7, 11) is 0. The predicted molar refractivity (Wildman–Crippen MR) is 59.1 cm³/mol. The van der Waals surface area contributed by atoms with Crippen LogP contribution < -0.4 is 5.32 Å². The molecule has 0 fully saturated rings. The molecule has 0 aromatic heterocycles. The van der Waals surface area contributed by atoms with Crippen molar-refractivity contribution in [2.75, 3.05) is 6.73 Å². The molecule has 78 valence electrons. The van der Waals surface area contributed by atoms with Gasteiger partial charge in [-0.1, -0.05) is 45.0 Å². The van der Waals surface area contributed by atoms with Crippen LogP contribution in [-0.2, 0) is 12.0 Å². The molecule has 0 radical (unpaired) electrons. The molecule has 0 aliphatic carbocycles. The lowest BCUT2D eigenvalue weighted by Gasteiger charge is -2.19. The number of aliphatic hydroxyl groups excluding tert-OH is 1. The van der Waals surface area contributed by atoms with Gasteiger partial charge in [0.05, 0.1) is 6.73 Å². The van der Waals surface area contributed by atoms with E-state index in [9.17, 15) is 0 Å². The molecule has 2 N–H and O–H groups in total. The Morgan fingerprint density at radius 1 is 1.14 bits per heavy atom. The van der Waals surface area contributed by atoms with E-state index in [1.54, 1.807) is 0 Å². The van der Waals surface area contributed by atoms with Gasteiger partial charge in [0.1, 0.15) is 0 Å². The third kappa shape index (κ3) is 3.13. The van der Waals surface area contributed by atoms with Crippen LogP contribution >= 0.6 is 0 Å². The van der Waals surface area contributed by atoms with E-state index in [0.717, 1.165) is 6.54 Å². The van der Waals surface area contributed by atoms with Crippen molar-refractivity contribution < 1.29 is 5.11 Å². The first kappa shape index (κ1) is 11.2. The van der Waals surface area contributed by atoms with Gasteiger partial charge in [-0.05, 0) is 16.5 Å². The van der Waals surface area contributed by atoms with Crippen LogP contribution in [-0.4, -0.2) is 11.8 Å². The molecular formula is C12H19NO. The molecule has 1 rings (SSSR count). The highest BCUT2D eigenvalue weighted by molar-refractivity contribution is 5.27. The molecule has 0 saturated heterocycles. The topological polar surface area (TPSA) is 32.3 Å². The van der Waals surface area contributed by atoms with Crippen molar-refractivity contribution in [3.8, 4) is 0 Å². The Hall–Kier alpha value is -0.860. The second-order valence-electron chi connectivity index (χ2n) is 4.53. The van der Waals surface area contributed by atoms with Crippen LogP contribution in [0.3, 0.4) is 0 Å². The van der Waals surface area contributed by atoms with Gasteiger partial charge in [0, 0.05) is 6.54 Å². The summed E-state index contributed by atoms with van der Waals surface area (Å²) in [6, 6.07) is 8.50. The smallest absolute Gasteiger partial charge is 0.0934 e. The summed E-state index contributed by atoms with van der Waals surface area (Å²) < 4.78 is 0. The molecule has 1 aromatic rings. The normalized spacial score (nSPS) is 11.7. The third-order valence-corrected chi connectivity index (χ3v) is 2.26. The molecule has 0 aliphatic rings. The van der Waals surface area contributed by atoms with E-state index in [4.69, 9.17) is 5.11 Å². The Morgan fingerprint density at radius 3 is 2.14 bits per heavy atom. The monoisotopic (exact) mass is 193 g/mol. The Kier molecular flexibility index (Phi) is 3.67. The van der Waals surface area contributed by atoms with Crippen molar-refractivity contribution in [3.05, 3.63) is 35.4 Å². The van der Waals surface area contributed by atoms with Crippen molar-refractivity contribution in [1.82, 2.24) is 5.32 Å². The summed E-state index contributed by atoms with van der Waals surface area (Å²) in [5.74, 6) is 0. The Labute approximate surface area is 86.0 Å². The standard InChI is InChI=1S/C12H19NO/c1-12(2,3)11-6-4-10(5-7-11)8-13-9-14/h4-7,13-14H,8-9H2,1-3H3. The summed E-state index contributed by atoms with van der Waals surface area (Å²) in [5, 5.41) is 11.5. The zero-order chi connectivity index (χ0) is 10.6. The maximum absolute atomic E-state index is 8.60. The van der Waals surface area contributed by atoms with Crippen molar-refractivity contribution in [2.24, 2.45) is 0 Å². The van der Waals surface area contributed by atoms with Crippen LogP contribution in [0.4, 0.5) is 0 Å². The summed E-state index contributed by atoms with van der Waals surface area (Å²) >= 11 is 0. The molecule has 0 amide bonds. The van der Waals surface area contributed by atoms with E-state index in [1.807, 2.05) is 0 Å². The average Bonchev–Trinajstić information content (AvgIpc) is 2.14. The number of hydrogen-bond acceptors (Lipinski definition) is 2. The molecule has 0 unspecified atom stereocenters. The minimum atomic E-state index is 0.0288. The Balaban J connectivity index is 2.69. The van der Waals surface area contributed by atoms with Crippen LogP contribution in [0.1, 0.15) is 31.9 Å². The van der Waals surface area contributed by atoms with E-state index in [-0.39, 0.29) is 12.1 Å². The molecule has 0 spiro atoms. The first-order valence-corrected chi connectivity index (χ1v) is 4.95. The van der Waals surface area contributed by atoms with Gasteiger partial charge in [0.25, 0.3) is 0 Å². The van der Waals surface area contributed by atoms with Gasteiger partial charge >= 0.3 is 0 Å². The molecule has 0 saturated carbocycles. The Morgan fingerprint density at radius 2 is 1.71 bits per heavy atom. The SMILES string of the molecule is CC(C)(C)c1ccc(CNCO)cc1. The second kappa shape index (κ2) is 4.58.